The van der Waals surface area contributed by atoms with E-state index in [0.717, 1.165) is 0 Å². The van der Waals surface area contributed by atoms with E-state index < -0.39 is 16.4 Å². The fraction of sp³-hybridized carbons (Fsp3) is 0.0909. The Kier molecular flexibility index (Phi) is 2.20. The maximum Gasteiger partial charge on any atom is 0.304 e. The molecule has 0 aliphatic carbocycles. The van der Waals surface area contributed by atoms with Gasteiger partial charge in [0.25, 0.3) is 6.29 Å². The lowest BCUT2D eigenvalue weighted by molar-refractivity contribution is -0.0201. The Morgan fingerprint density at radius 2 is 1.88 bits per heavy atom. The summed E-state index contributed by atoms with van der Waals surface area (Å²) < 4.78 is 39.1. The van der Waals surface area contributed by atoms with Crippen LogP contribution in [0.5, 0.6) is 5.75 Å². The van der Waals surface area contributed by atoms with E-state index in [9.17, 15) is 8.42 Å². The summed E-state index contributed by atoms with van der Waals surface area (Å²) in [5.74, 6) is 0.572. The van der Waals surface area contributed by atoms with Crippen LogP contribution in [0.25, 0.3) is 0 Å². The van der Waals surface area contributed by atoms with Gasteiger partial charge < -0.3 is 9.15 Å². The van der Waals surface area contributed by atoms with Crippen molar-refractivity contribution in [1.82, 2.24) is 0 Å². The van der Waals surface area contributed by atoms with Gasteiger partial charge >= 0.3 is 10.1 Å². The molecule has 88 valence electrons. The van der Waals surface area contributed by atoms with Gasteiger partial charge in [0.15, 0.2) is 5.76 Å². The molecule has 0 fully saturated rings. The molecule has 3 rings (SSSR count). The summed E-state index contributed by atoms with van der Waals surface area (Å²) in [5.41, 5.74) is 0. The van der Waals surface area contributed by atoms with Crippen LogP contribution < -0.4 is 4.74 Å². The smallest absolute Gasteiger partial charge is 0.304 e. The van der Waals surface area contributed by atoms with E-state index in [1.54, 1.807) is 30.3 Å². The van der Waals surface area contributed by atoms with Gasteiger partial charge in [0.1, 0.15) is 10.6 Å². The maximum atomic E-state index is 11.8. The predicted molar refractivity (Wildman–Crippen MR) is 56.8 cm³/mol. The van der Waals surface area contributed by atoms with Crippen molar-refractivity contribution in [3.63, 3.8) is 0 Å². The molecule has 2 heterocycles. The molecule has 0 radical (unpaired) electrons. The zero-order chi connectivity index (χ0) is 11.9. The zero-order valence-electron chi connectivity index (χ0n) is 8.57. The van der Waals surface area contributed by atoms with E-state index in [1.165, 1.54) is 12.3 Å². The summed E-state index contributed by atoms with van der Waals surface area (Å²) in [5, 5.41) is 0. The van der Waals surface area contributed by atoms with Crippen LogP contribution in [0.15, 0.2) is 52.0 Å². The average Bonchev–Trinajstić information content (AvgIpc) is 2.81. The van der Waals surface area contributed by atoms with Gasteiger partial charge in [-0.05, 0) is 24.3 Å². The van der Waals surface area contributed by atoms with Crippen LogP contribution in [0, 0.1) is 0 Å². The minimum Gasteiger partial charge on any atom is -0.463 e. The Hall–Kier alpha value is -1.79. The molecule has 5 nitrogen and oxygen atoms in total. The molecule has 0 bridgehead atoms. The minimum absolute atomic E-state index is 0.0304. The van der Waals surface area contributed by atoms with Crippen molar-refractivity contribution in [3.8, 4) is 5.75 Å². The Labute approximate surface area is 97.7 Å². The molecule has 0 amide bonds. The molecule has 0 saturated heterocycles. The van der Waals surface area contributed by atoms with Crippen molar-refractivity contribution in [2.24, 2.45) is 0 Å². The number of para-hydroxylation sites is 1. The van der Waals surface area contributed by atoms with Crippen LogP contribution in [0.4, 0.5) is 0 Å². The van der Waals surface area contributed by atoms with Crippen LogP contribution in [0.2, 0.25) is 0 Å². The highest BCUT2D eigenvalue weighted by Crippen LogP contribution is 2.37. The van der Waals surface area contributed by atoms with Gasteiger partial charge in [-0.1, -0.05) is 12.1 Å². The summed E-state index contributed by atoms with van der Waals surface area (Å²) in [6.45, 7) is 0. The number of fused-ring (bicyclic) bond motifs is 1. The van der Waals surface area contributed by atoms with E-state index in [-0.39, 0.29) is 10.6 Å². The van der Waals surface area contributed by atoms with E-state index in [0.29, 0.717) is 5.76 Å². The highest BCUT2D eigenvalue weighted by molar-refractivity contribution is 7.87. The van der Waals surface area contributed by atoms with Crippen LogP contribution in [0.3, 0.4) is 0 Å². The third-order valence-electron chi connectivity index (χ3n) is 2.34. The van der Waals surface area contributed by atoms with Gasteiger partial charge in [-0.2, -0.15) is 8.42 Å². The number of ether oxygens (including phenoxy) is 1. The maximum absolute atomic E-state index is 11.8. The van der Waals surface area contributed by atoms with Gasteiger partial charge in [0.05, 0.1) is 6.26 Å². The summed E-state index contributed by atoms with van der Waals surface area (Å²) in [4.78, 5) is 0.0304. The van der Waals surface area contributed by atoms with Crippen molar-refractivity contribution in [1.29, 1.82) is 0 Å². The SMILES string of the molecule is O=S1(=O)OC(c2ccco2)Oc2ccccc21. The number of hydrogen-bond donors (Lipinski definition) is 0. The van der Waals surface area contributed by atoms with Crippen molar-refractivity contribution in [2.45, 2.75) is 11.2 Å². The molecule has 17 heavy (non-hydrogen) atoms. The summed E-state index contributed by atoms with van der Waals surface area (Å²) in [7, 11) is -3.80. The first-order valence-corrected chi connectivity index (χ1v) is 6.30. The molecule has 2 aromatic rings. The van der Waals surface area contributed by atoms with E-state index in [1.807, 2.05) is 0 Å². The highest BCUT2D eigenvalue weighted by Gasteiger charge is 2.34. The molecule has 1 atom stereocenters. The molecule has 0 spiro atoms. The van der Waals surface area contributed by atoms with Crippen LogP contribution >= 0.6 is 0 Å². The Bertz CT molecular complexity index is 630. The monoisotopic (exact) mass is 252 g/mol. The second-order valence-electron chi connectivity index (χ2n) is 3.46. The normalized spacial score (nSPS) is 21.5. The summed E-state index contributed by atoms with van der Waals surface area (Å²) in [6.07, 6.45) is 0.361. The van der Waals surface area contributed by atoms with E-state index in [4.69, 9.17) is 13.3 Å². The Balaban J connectivity index is 2.08. The van der Waals surface area contributed by atoms with Gasteiger partial charge in [-0.3, -0.25) is 0 Å². The van der Waals surface area contributed by atoms with Crippen LogP contribution in [0.1, 0.15) is 12.1 Å². The minimum atomic E-state index is -3.80. The topological polar surface area (TPSA) is 65.7 Å². The second-order valence-corrected chi connectivity index (χ2v) is 5.00. The van der Waals surface area contributed by atoms with Crippen molar-refractivity contribution < 1.29 is 21.8 Å². The molecule has 0 N–H and O–H groups in total. The highest BCUT2D eigenvalue weighted by atomic mass is 32.2. The molecule has 1 unspecified atom stereocenters. The first-order valence-electron chi connectivity index (χ1n) is 4.89. The first kappa shape index (κ1) is 10.4. The van der Waals surface area contributed by atoms with Crippen LogP contribution in [-0.2, 0) is 14.3 Å². The molecular formula is C11H8O5S. The number of furan rings is 1. The summed E-state index contributed by atoms with van der Waals surface area (Å²) >= 11 is 0. The zero-order valence-corrected chi connectivity index (χ0v) is 9.38. The standard InChI is InChI=1S/C11H8O5S/c12-17(13)10-6-2-1-4-8(10)15-11(16-17)9-5-3-7-14-9/h1-7,11H. The van der Waals surface area contributed by atoms with Gasteiger partial charge in [0, 0.05) is 0 Å². The van der Waals surface area contributed by atoms with Gasteiger partial charge in [-0.25, -0.2) is 4.18 Å². The van der Waals surface area contributed by atoms with E-state index in [2.05, 4.69) is 0 Å². The first-order chi connectivity index (χ1) is 8.17. The number of benzene rings is 1. The molecule has 0 saturated carbocycles. The van der Waals surface area contributed by atoms with Gasteiger partial charge in [0.2, 0.25) is 0 Å². The summed E-state index contributed by atoms with van der Waals surface area (Å²) in [6, 6.07) is 9.53. The Morgan fingerprint density at radius 3 is 2.65 bits per heavy atom. The van der Waals surface area contributed by atoms with E-state index >= 15 is 0 Å². The fourth-order valence-electron chi connectivity index (χ4n) is 1.59. The lowest BCUT2D eigenvalue weighted by atomic mass is 10.3. The average molecular weight is 252 g/mol. The number of hydrogen-bond acceptors (Lipinski definition) is 5. The molecule has 1 aromatic carbocycles. The predicted octanol–water partition coefficient (Wildman–Crippen LogP) is 2.08. The third kappa shape index (κ3) is 1.71. The molecule has 1 aromatic heterocycles. The molecule has 1 aliphatic heterocycles. The molecule has 6 heteroatoms. The Morgan fingerprint density at radius 1 is 1.06 bits per heavy atom. The lowest BCUT2D eigenvalue weighted by Crippen LogP contribution is -2.22. The van der Waals surface area contributed by atoms with Crippen LogP contribution in [-0.4, -0.2) is 8.42 Å². The second kappa shape index (κ2) is 3.61. The molecular weight excluding hydrogens is 244 g/mol. The van der Waals surface area contributed by atoms with Crippen molar-refractivity contribution in [3.05, 3.63) is 48.4 Å². The quantitative estimate of drug-likeness (QED) is 0.727. The van der Waals surface area contributed by atoms with Gasteiger partial charge in [-0.15, -0.1) is 0 Å². The lowest BCUT2D eigenvalue weighted by Gasteiger charge is -2.23. The van der Waals surface area contributed by atoms with Crippen molar-refractivity contribution >= 4 is 10.1 Å². The third-order valence-corrected chi connectivity index (χ3v) is 3.65. The molecule has 1 aliphatic rings. The largest absolute Gasteiger partial charge is 0.463 e. The van der Waals surface area contributed by atoms with Crippen molar-refractivity contribution in [2.75, 3.05) is 0 Å². The number of rotatable bonds is 1. The fourth-order valence-corrected chi connectivity index (χ4v) is 2.66.